The summed E-state index contributed by atoms with van der Waals surface area (Å²) in [5, 5.41) is 1.05. The van der Waals surface area contributed by atoms with Gasteiger partial charge in [-0.15, -0.1) is 0 Å². The van der Waals surface area contributed by atoms with Crippen LogP contribution in [0.25, 0.3) is 28.0 Å². The van der Waals surface area contributed by atoms with Gasteiger partial charge in [-0.05, 0) is 59.5 Å². The molecule has 3 heterocycles. The van der Waals surface area contributed by atoms with Gasteiger partial charge in [0, 0.05) is 31.2 Å². The zero-order chi connectivity index (χ0) is 21.2. The molecule has 0 saturated carbocycles. The lowest BCUT2D eigenvalue weighted by molar-refractivity contribution is 0.295. The molecule has 0 spiro atoms. The maximum absolute atomic E-state index is 13.2. The third-order valence-electron chi connectivity index (χ3n) is 5.78. The Morgan fingerprint density at radius 3 is 2.68 bits per heavy atom. The minimum atomic E-state index is -0.199. The molecule has 0 saturated heterocycles. The van der Waals surface area contributed by atoms with Crippen molar-refractivity contribution in [2.75, 3.05) is 20.2 Å². The topological polar surface area (TPSA) is 38.5 Å². The van der Waals surface area contributed by atoms with Crippen molar-refractivity contribution in [1.29, 1.82) is 0 Å². The number of fused-ring (bicyclic) bond motifs is 1. The van der Waals surface area contributed by atoms with Gasteiger partial charge in [-0.2, -0.15) is 0 Å². The lowest BCUT2D eigenvalue weighted by Gasteiger charge is -2.26. The van der Waals surface area contributed by atoms with Crippen molar-refractivity contribution in [2.45, 2.75) is 13.0 Å². The summed E-state index contributed by atoms with van der Waals surface area (Å²) >= 11 is 0. The zero-order valence-electron chi connectivity index (χ0n) is 17.3. The summed E-state index contributed by atoms with van der Waals surface area (Å²) in [5.41, 5.74) is 5.12. The molecule has 5 heteroatoms. The SMILES string of the molecule is COc1ccc(CN2CC=C(c3ccc(F)cc3)CC2)c2cc(-c3ccccn3)oc12. The maximum Gasteiger partial charge on any atom is 0.177 e. The standard InChI is InChI=1S/C26H23FN2O2/c1-30-24-10-7-20(22-16-25(31-26(22)24)23-4-2-3-13-28-23)17-29-14-11-19(12-15-29)18-5-8-21(27)9-6-18/h2-11,13,16H,12,14-15,17H2,1H3. The van der Waals surface area contributed by atoms with E-state index >= 15 is 0 Å². The van der Waals surface area contributed by atoms with E-state index in [1.165, 1.54) is 23.3 Å². The van der Waals surface area contributed by atoms with Crippen LogP contribution in [0.4, 0.5) is 4.39 Å². The first-order chi connectivity index (χ1) is 15.2. The van der Waals surface area contributed by atoms with Crippen LogP contribution in [0.3, 0.4) is 0 Å². The molecule has 2 aromatic heterocycles. The highest BCUT2D eigenvalue weighted by Crippen LogP contribution is 2.36. The van der Waals surface area contributed by atoms with Crippen LogP contribution in [-0.4, -0.2) is 30.1 Å². The van der Waals surface area contributed by atoms with Gasteiger partial charge in [-0.3, -0.25) is 9.88 Å². The highest BCUT2D eigenvalue weighted by atomic mass is 19.1. The zero-order valence-corrected chi connectivity index (χ0v) is 17.3. The summed E-state index contributed by atoms with van der Waals surface area (Å²) < 4.78 is 24.9. The molecule has 2 aromatic carbocycles. The Bertz CT molecular complexity index is 1230. The van der Waals surface area contributed by atoms with Gasteiger partial charge in [0.1, 0.15) is 11.5 Å². The molecule has 0 radical (unpaired) electrons. The van der Waals surface area contributed by atoms with Gasteiger partial charge in [0.25, 0.3) is 0 Å². The van der Waals surface area contributed by atoms with E-state index in [1.807, 2.05) is 36.4 Å². The molecule has 0 amide bonds. The van der Waals surface area contributed by atoms with E-state index in [-0.39, 0.29) is 5.82 Å². The number of benzene rings is 2. The van der Waals surface area contributed by atoms with Crippen molar-refractivity contribution in [1.82, 2.24) is 9.88 Å². The van der Waals surface area contributed by atoms with Gasteiger partial charge in [-0.25, -0.2) is 4.39 Å². The molecule has 0 N–H and O–H groups in total. The normalized spacial score (nSPS) is 14.6. The van der Waals surface area contributed by atoms with E-state index in [2.05, 4.69) is 28.1 Å². The predicted octanol–water partition coefficient (Wildman–Crippen LogP) is 5.93. The highest BCUT2D eigenvalue weighted by molar-refractivity contribution is 5.90. The Balaban J connectivity index is 1.40. The molecule has 0 unspecified atom stereocenters. The summed E-state index contributed by atoms with van der Waals surface area (Å²) in [7, 11) is 1.66. The van der Waals surface area contributed by atoms with Crippen LogP contribution in [0.5, 0.6) is 5.75 Å². The van der Waals surface area contributed by atoms with E-state index in [9.17, 15) is 4.39 Å². The lowest BCUT2D eigenvalue weighted by atomic mass is 9.99. The number of hydrogen-bond acceptors (Lipinski definition) is 4. The molecule has 156 valence electrons. The molecule has 0 fully saturated rings. The van der Waals surface area contributed by atoms with Gasteiger partial charge in [0.15, 0.2) is 17.1 Å². The minimum absolute atomic E-state index is 0.199. The fourth-order valence-corrected chi connectivity index (χ4v) is 4.11. The van der Waals surface area contributed by atoms with Gasteiger partial charge in [-0.1, -0.05) is 30.3 Å². The molecule has 0 bridgehead atoms. The number of rotatable bonds is 5. The third-order valence-corrected chi connectivity index (χ3v) is 5.78. The number of furan rings is 1. The number of hydrogen-bond donors (Lipinski definition) is 0. The minimum Gasteiger partial charge on any atom is -0.493 e. The van der Waals surface area contributed by atoms with Crippen molar-refractivity contribution >= 4 is 16.5 Å². The number of halogens is 1. The molecular weight excluding hydrogens is 391 g/mol. The van der Waals surface area contributed by atoms with E-state index in [0.29, 0.717) is 0 Å². The number of methoxy groups -OCH3 is 1. The van der Waals surface area contributed by atoms with Gasteiger partial charge >= 0.3 is 0 Å². The fraction of sp³-hybridized carbons (Fsp3) is 0.192. The summed E-state index contributed by atoms with van der Waals surface area (Å²) in [6.07, 6.45) is 4.95. The number of aromatic nitrogens is 1. The molecule has 5 rings (SSSR count). The second-order valence-electron chi connectivity index (χ2n) is 7.72. The van der Waals surface area contributed by atoms with Gasteiger partial charge < -0.3 is 9.15 Å². The average Bonchev–Trinajstić information content (AvgIpc) is 3.27. The van der Waals surface area contributed by atoms with Crippen molar-refractivity contribution in [3.8, 4) is 17.2 Å². The summed E-state index contributed by atoms with van der Waals surface area (Å²) in [6.45, 7) is 2.61. The smallest absolute Gasteiger partial charge is 0.177 e. The maximum atomic E-state index is 13.2. The van der Waals surface area contributed by atoms with Crippen LogP contribution in [0.15, 0.2) is 77.4 Å². The molecule has 1 aliphatic heterocycles. The van der Waals surface area contributed by atoms with Crippen molar-refractivity contribution in [3.05, 3.63) is 89.9 Å². The quantitative estimate of drug-likeness (QED) is 0.406. The average molecular weight is 414 g/mol. The van der Waals surface area contributed by atoms with E-state index in [0.717, 1.165) is 59.8 Å². The largest absolute Gasteiger partial charge is 0.493 e. The van der Waals surface area contributed by atoms with E-state index < -0.39 is 0 Å². The third kappa shape index (κ3) is 3.97. The first-order valence-corrected chi connectivity index (χ1v) is 10.4. The van der Waals surface area contributed by atoms with Crippen LogP contribution in [-0.2, 0) is 6.54 Å². The van der Waals surface area contributed by atoms with Gasteiger partial charge in [0.05, 0.1) is 7.11 Å². The van der Waals surface area contributed by atoms with Crippen LogP contribution in [0.2, 0.25) is 0 Å². The first-order valence-electron chi connectivity index (χ1n) is 10.4. The number of ether oxygens (including phenoxy) is 1. The predicted molar refractivity (Wildman–Crippen MR) is 120 cm³/mol. The molecule has 0 atom stereocenters. The van der Waals surface area contributed by atoms with Crippen LogP contribution in [0.1, 0.15) is 17.5 Å². The number of pyridine rings is 1. The van der Waals surface area contributed by atoms with Crippen molar-refractivity contribution in [2.24, 2.45) is 0 Å². The van der Waals surface area contributed by atoms with Gasteiger partial charge in [0.2, 0.25) is 0 Å². The van der Waals surface area contributed by atoms with Crippen LogP contribution in [0, 0.1) is 5.82 Å². The summed E-state index contributed by atoms with van der Waals surface area (Å²) in [5.74, 6) is 1.26. The fourth-order valence-electron chi connectivity index (χ4n) is 4.11. The lowest BCUT2D eigenvalue weighted by Crippen LogP contribution is -2.28. The second-order valence-corrected chi connectivity index (χ2v) is 7.72. The summed E-state index contributed by atoms with van der Waals surface area (Å²) in [6, 6.07) is 18.7. The van der Waals surface area contributed by atoms with Crippen molar-refractivity contribution in [3.63, 3.8) is 0 Å². The highest BCUT2D eigenvalue weighted by Gasteiger charge is 2.18. The Hall–Kier alpha value is -3.44. The molecule has 4 aromatic rings. The Morgan fingerprint density at radius 2 is 1.97 bits per heavy atom. The molecule has 31 heavy (non-hydrogen) atoms. The van der Waals surface area contributed by atoms with Crippen LogP contribution < -0.4 is 4.74 Å². The molecule has 0 aliphatic carbocycles. The Labute approximate surface area is 180 Å². The number of nitrogens with zero attached hydrogens (tertiary/aromatic N) is 2. The van der Waals surface area contributed by atoms with E-state index in [4.69, 9.17) is 9.15 Å². The molecular formula is C26H23FN2O2. The monoisotopic (exact) mass is 414 g/mol. The molecule has 1 aliphatic rings. The Morgan fingerprint density at radius 1 is 1.10 bits per heavy atom. The van der Waals surface area contributed by atoms with E-state index in [1.54, 1.807) is 13.3 Å². The van der Waals surface area contributed by atoms with Crippen molar-refractivity contribution < 1.29 is 13.5 Å². The summed E-state index contributed by atoms with van der Waals surface area (Å²) in [4.78, 5) is 6.82. The Kier molecular flexibility index (Phi) is 5.26. The molecule has 4 nitrogen and oxygen atoms in total. The first kappa shape index (κ1) is 19.5. The van der Waals surface area contributed by atoms with Crippen LogP contribution >= 0.6 is 0 Å². The second kappa shape index (κ2) is 8.36.